The quantitative estimate of drug-likeness (QED) is 0.420. The highest BCUT2D eigenvalue weighted by molar-refractivity contribution is 6.15. The summed E-state index contributed by atoms with van der Waals surface area (Å²) in [5, 5.41) is 8.00. The SMILES string of the molecule is CC(C)(C)OC(=O)N1CCC(c2cc(=O)[nH]c3c4c(C(=O)Nc5ccc(F)cc5)cccc4nn23)CC1. The molecule has 0 spiro atoms. The van der Waals surface area contributed by atoms with Crippen molar-refractivity contribution < 1.29 is 18.7 Å². The maximum atomic E-state index is 13.3. The number of carbonyl (C=O) groups is 2. The highest BCUT2D eigenvalue weighted by atomic mass is 19.1. The number of nitrogens with zero attached hydrogens (tertiary/aromatic N) is 3. The third-order valence-corrected chi connectivity index (χ3v) is 6.38. The van der Waals surface area contributed by atoms with Crippen molar-refractivity contribution in [1.29, 1.82) is 0 Å². The maximum absolute atomic E-state index is 13.3. The van der Waals surface area contributed by atoms with Gasteiger partial charge < -0.3 is 19.9 Å². The van der Waals surface area contributed by atoms with E-state index >= 15 is 0 Å². The number of likely N-dealkylation sites (tertiary alicyclic amines) is 1. The molecule has 0 aliphatic carbocycles. The Hall–Kier alpha value is -4.21. The Morgan fingerprint density at radius 1 is 1.11 bits per heavy atom. The Morgan fingerprint density at radius 2 is 1.81 bits per heavy atom. The normalized spacial score (nSPS) is 14.8. The van der Waals surface area contributed by atoms with Crippen LogP contribution >= 0.6 is 0 Å². The van der Waals surface area contributed by atoms with Crippen LogP contribution < -0.4 is 10.9 Å². The van der Waals surface area contributed by atoms with Crippen molar-refractivity contribution in [3.8, 4) is 0 Å². The van der Waals surface area contributed by atoms with Crippen LogP contribution in [0.2, 0.25) is 0 Å². The number of aromatic nitrogens is 3. The van der Waals surface area contributed by atoms with Crippen LogP contribution in [0, 0.1) is 5.82 Å². The fourth-order valence-corrected chi connectivity index (χ4v) is 4.68. The van der Waals surface area contributed by atoms with Crippen LogP contribution in [0.25, 0.3) is 16.6 Å². The number of aromatic amines is 1. The number of rotatable bonds is 3. The van der Waals surface area contributed by atoms with Crippen molar-refractivity contribution in [3.63, 3.8) is 0 Å². The highest BCUT2D eigenvalue weighted by Crippen LogP contribution is 2.31. The standard InChI is InChI=1S/C27H28FN5O4/c1-27(2,3)37-26(36)32-13-11-16(12-14-32)21-15-22(34)30-24-23-19(5-4-6-20(23)31-33(21)24)25(35)29-18-9-7-17(28)8-10-18/h4-10,15-16H,11-14H2,1-3H3,(H,29,35)(H,30,34). The molecule has 0 radical (unpaired) electrons. The number of ether oxygens (including phenoxy) is 1. The number of H-pyrrole nitrogens is 1. The highest BCUT2D eigenvalue weighted by Gasteiger charge is 2.29. The molecule has 5 rings (SSSR count). The van der Waals surface area contributed by atoms with Crippen molar-refractivity contribution in [1.82, 2.24) is 19.5 Å². The Morgan fingerprint density at radius 3 is 2.49 bits per heavy atom. The minimum atomic E-state index is -0.567. The number of benzene rings is 2. The molecular formula is C27H28FN5O4. The van der Waals surface area contributed by atoms with Gasteiger partial charge in [-0.25, -0.2) is 13.7 Å². The predicted molar refractivity (Wildman–Crippen MR) is 137 cm³/mol. The molecule has 0 saturated carbocycles. The minimum absolute atomic E-state index is 0.00529. The van der Waals surface area contributed by atoms with Gasteiger partial charge in [0.15, 0.2) is 0 Å². The van der Waals surface area contributed by atoms with Gasteiger partial charge in [-0.15, -0.1) is 0 Å². The van der Waals surface area contributed by atoms with E-state index in [0.29, 0.717) is 53.7 Å². The topological polar surface area (TPSA) is 109 Å². The van der Waals surface area contributed by atoms with Gasteiger partial charge in [-0.2, -0.15) is 5.10 Å². The third kappa shape index (κ3) is 5.04. The van der Waals surface area contributed by atoms with Crippen LogP contribution in [0.15, 0.2) is 53.3 Å². The largest absolute Gasteiger partial charge is 0.444 e. The van der Waals surface area contributed by atoms with Crippen molar-refractivity contribution in [2.45, 2.75) is 45.1 Å². The fourth-order valence-electron chi connectivity index (χ4n) is 4.68. The first-order valence-corrected chi connectivity index (χ1v) is 12.2. The lowest BCUT2D eigenvalue weighted by atomic mass is 9.93. The Kier molecular flexibility index (Phi) is 6.18. The predicted octanol–water partition coefficient (Wildman–Crippen LogP) is 4.68. The molecule has 1 aliphatic heterocycles. The zero-order valence-electron chi connectivity index (χ0n) is 20.9. The molecule has 3 heterocycles. The summed E-state index contributed by atoms with van der Waals surface area (Å²) in [4.78, 5) is 42.8. The number of hydrogen-bond acceptors (Lipinski definition) is 5. The van der Waals surface area contributed by atoms with Gasteiger partial charge >= 0.3 is 6.09 Å². The molecule has 2 amide bonds. The first-order chi connectivity index (χ1) is 17.6. The van der Waals surface area contributed by atoms with Crippen LogP contribution in [0.5, 0.6) is 0 Å². The summed E-state index contributed by atoms with van der Waals surface area (Å²) in [6.07, 6.45) is 0.946. The molecule has 1 fully saturated rings. The Balaban J connectivity index is 1.46. The van der Waals surface area contributed by atoms with Gasteiger partial charge in [-0.05, 0) is 70.0 Å². The van der Waals surface area contributed by atoms with Crippen molar-refractivity contribution >= 4 is 34.2 Å². The van der Waals surface area contributed by atoms with Crippen LogP contribution in [0.3, 0.4) is 0 Å². The summed E-state index contributed by atoms with van der Waals surface area (Å²) >= 11 is 0. The molecule has 9 nitrogen and oxygen atoms in total. The number of hydrogen-bond donors (Lipinski definition) is 2. The van der Waals surface area contributed by atoms with Crippen LogP contribution in [0.1, 0.15) is 55.6 Å². The number of carbonyl (C=O) groups excluding carboxylic acids is 2. The second-order valence-electron chi connectivity index (χ2n) is 10.2. The van der Waals surface area contributed by atoms with Crippen molar-refractivity contribution in [2.75, 3.05) is 18.4 Å². The number of piperidine rings is 1. The molecule has 2 aromatic carbocycles. The summed E-state index contributed by atoms with van der Waals surface area (Å²) in [6, 6.07) is 12.2. The summed E-state index contributed by atoms with van der Waals surface area (Å²) in [7, 11) is 0. The van der Waals surface area contributed by atoms with Gasteiger partial charge in [-0.3, -0.25) is 9.59 Å². The molecule has 1 aliphatic rings. The lowest BCUT2D eigenvalue weighted by Gasteiger charge is -2.33. The fraction of sp³-hybridized carbons (Fsp3) is 0.333. The van der Waals surface area contributed by atoms with E-state index in [1.165, 1.54) is 30.3 Å². The van der Waals surface area contributed by atoms with Gasteiger partial charge in [0, 0.05) is 30.8 Å². The molecule has 2 N–H and O–H groups in total. The minimum Gasteiger partial charge on any atom is -0.444 e. The summed E-state index contributed by atoms with van der Waals surface area (Å²) in [5.41, 5.74) is 1.63. The Bertz CT molecular complexity index is 1540. The van der Waals surface area contributed by atoms with Gasteiger partial charge in [0.05, 0.1) is 22.2 Å². The monoisotopic (exact) mass is 505 g/mol. The average Bonchev–Trinajstić information content (AvgIpc) is 3.22. The summed E-state index contributed by atoms with van der Waals surface area (Å²) < 4.78 is 20.4. The van der Waals surface area contributed by atoms with Crippen molar-refractivity contribution in [3.05, 3.63) is 76.0 Å². The van der Waals surface area contributed by atoms with E-state index in [1.54, 1.807) is 27.6 Å². The first kappa shape index (κ1) is 24.5. The average molecular weight is 506 g/mol. The second kappa shape index (κ2) is 9.34. The van der Waals surface area contributed by atoms with E-state index in [1.807, 2.05) is 20.8 Å². The third-order valence-electron chi connectivity index (χ3n) is 6.38. The molecule has 192 valence electrons. The number of amides is 2. The molecule has 1 saturated heterocycles. The van der Waals surface area contributed by atoms with E-state index in [-0.39, 0.29) is 17.6 Å². The lowest BCUT2D eigenvalue weighted by Crippen LogP contribution is -2.41. The Labute approximate surface area is 212 Å². The van der Waals surface area contributed by atoms with Gasteiger partial charge in [0.1, 0.15) is 17.1 Å². The smallest absolute Gasteiger partial charge is 0.410 e. The lowest BCUT2D eigenvalue weighted by molar-refractivity contribution is 0.0203. The molecule has 4 aromatic rings. The molecule has 0 atom stereocenters. The molecular weight excluding hydrogens is 477 g/mol. The van der Waals surface area contributed by atoms with Crippen LogP contribution in [-0.4, -0.2) is 50.2 Å². The maximum Gasteiger partial charge on any atom is 0.410 e. The van der Waals surface area contributed by atoms with E-state index in [0.717, 1.165) is 5.69 Å². The van der Waals surface area contributed by atoms with Gasteiger partial charge in [0.25, 0.3) is 11.5 Å². The molecule has 10 heteroatoms. The summed E-state index contributed by atoms with van der Waals surface area (Å²) in [5.74, 6) is -0.803. The number of nitrogens with one attached hydrogen (secondary N) is 2. The zero-order valence-corrected chi connectivity index (χ0v) is 20.9. The van der Waals surface area contributed by atoms with Crippen molar-refractivity contribution in [2.24, 2.45) is 0 Å². The molecule has 0 bridgehead atoms. The number of anilines is 1. The zero-order chi connectivity index (χ0) is 26.3. The number of halogens is 1. The first-order valence-electron chi connectivity index (χ1n) is 12.2. The molecule has 37 heavy (non-hydrogen) atoms. The summed E-state index contributed by atoms with van der Waals surface area (Å²) in [6.45, 7) is 6.50. The van der Waals surface area contributed by atoms with E-state index in [9.17, 15) is 18.8 Å². The van der Waals surface area contributed by atoms with E-state index in [4.69, 9.17) is 9.84 Å². The second-order valence-corrected chi connectivity index (χ2v) is 10.2. The van der Waals surface area contributed by atoms with Gasteiger partial charge in [0.2, 0.25) is 0 Å². The molecule has 2 aromatic heterocycles. The van der Waals surface area contributed by atoms with Crippen LogP contribution in [0.4, 0.5) is 14.9 Å². The van der Waals surface area contributed by atoms with Crippen LogP contribution in [-0.2, 0) is 4.74 Å². The number of fused-ring (bicyclic) bond motifs is 3. The van der Waals surface area contributed by atoms with E-state index < -0.39 is 17.3 Å². The van der Waals surface area contributed by atoms with Gasteiger partial charge in [-0.1, -0.05) is 6.07 Å². The van der Waals surface area contributed by atoms with E-state index in [2.05, 4.69) is 10.3 Å². The molecule has 0 unspecified atom stereocenters.